The predicted octanol–water partition coefficient (Wildman–Crippen LogP) is -0.177. The second kappa shape index (κ2) is 6.75. The number of hydrogen-bond acceptors (Lipinski definition) is 5. The number of amides is 2. The Morgan fingerprint density at radius 3 is 2.71 bits per heavy atom. The van der Waals surface area contributed by atoms with E-state index in [0.29, 0.717) is 25.8 Å². The topological polar surface area (TPSA) is 105 Å². The highest BCUT2D eigenvalue weighted by Crippen LogP contribution is 2.25. The van der Waals surface area contributed by atoms with Gasteiger partial charge in [-0.1, -0.05) is 0 Å². The number of urea groups is 1. The minimum atomic E-state index is -0.816. The van der Waals surface area contributed by atoms with E-state index in [1.807, 2.05) is 0 Å². The van der Waals surface area contributed by atoms with Crippen LogP contribution in [0.4, 0.5) is 4.79 Å². The Kier molecular flexibility index (Phi) is 5.00. The molecule has 1 saturated heterocycles. The molecule has 1 unspecified atom stereocenters. The van der Waals surface area contributed by atoms with Crippen LogP contribution >= 0.6 is 0 Å². The maximum atomic E-state index is 12.1. The zero-order chi connectivity index (χ0) is 15.4. The molecule has 2 aliphatic rings. The average molecular weight is 300 g/mol. The van der Waals surface area contributed by atoms with Gasteiger partial charge in [0.1, 0.15) is 0 Å². The van der Waals surface area contributed by atoms with Crippen molar-refractivity contribution in [1.82, 2.24) is 10.2 Å². The molecule has 0 aromatic carbocycles. The molecule has 0 aromatic heterocycles. The van der Waals surface area contributed by atoms with Gasteiger partial charge in [0.15, 0.2) is 6.10 Å². The van der Waals surface area contributed by atoms with Crippen LogP contribution in [0.25, 0.3) is 0 Å². The highest BCUT2D eigenvalue weighted by molar-refractivity contribution is 5.78. The standard InChI is InChI=1S/C13H20N2O6/c1-20-12(18)10-7-15(4-5-21-10)13(19)14-9-3-2-8(6-9)11(16)17/h8-10H,2-7H2,1H3,(H,14,19)(H,16,17)/t8-,9+,10?/m1/s1. The zero-order valence-electron chi connectivity index (χ0n) is 11.9. The minimum absolute atomic E-state index is 0.127. The van der Waals surface area contributed by atoms with Gasteiger partial charge in [0.25, 0.3) is 0 Å². The van der Waals surface area contributed by atoms with Crippen molar-refractivity contribution in [3.05, 3.63) is 0 Å². The lowest BCUT2D eigenvalue weighted by atomic mass is 10.1. The van der Waals surface area contributed by atoms with Crippen molar-refractivity contribution < 1.29 is 29.0 Å². The second-order valence-corrected chi connectivity index (χ2v) is 5.32. The summed E-state index contributed by atoms with van der Waals surface area (Å²) in [5.74, 6) is -1.70. The molecule has 0 bridgehead atoms. The van der Waals surface area contributed by atoms with Crippen molar-refractivity contribution in [1.29, 1.82) is 0 Å². The Morgan fingerprint density at radius 1 is 1.33 bits per heavy atom. The van der Waals surface area contributed by atoms with E-state index in [-0.39, 0.29) is 31.1 Å². The SMILES string of the molecule is COC(=O)C1CN(C(=O)N[C@H]2CC[C@@H](C(=O)O)C2)CCO1. The van der Waals surface area contributed by atoms with Crippen molar-refractivity contribution in [2.45, 2.75) is 31.4 Å². The third-order valence-electron chi connectivity index (χ3n) is 3.93. The van der Waals surface area contributed by atoms with Gasteiger partial charge in [-0.05, 0) is 19.3 Å². The van der Waals surface area contributed by atoms with Crippen LogP contribution in [0.2, 0.25) is 0 Å². The Hall–Kier alpha value is -1.83. The number of carbonyl (C=O) groups excluding carboxylic acids is 2. The molecule has 1 heterocycles. The van der Waals surface area contributed by atoms with Crippen LogP contribution in [-0.4, -0.2) is 66.9 Å². The van der Waals surface area contributed by atoms with Crippen LogP contribution in [0.15, 0.2) is 0 Å². The third kappa shape index (κ3) is 3.84. The first-order valence-electron chi connectivity index (χ1n) is 6.99. The summed E-state index contributed by atoms with van der Waals surface area (Å²) >= 11 is 0. The van der Waals surface area contributed by atoms with Gasteiger partial charge < -0.3 is 24.8 Å². The maximum absolute atomic E-state index is 12.1. The summed E-state index contributed by atoms with van der Waals surface area (Å²) in [6.45, 7) is 0.817. The lowest BCUT2D eigenvalue weighted by Gasteiger charge is -2.32. The fourth-order valence-corrected chi connectivity index (χ4v) is 2.71. The van der Waals surface area contributed by atoms with Crippen LogP contribution in [0, 0.1) is 5.92 Å². The van der Waals surface area contributed by atoms with E-state index < -0.39 is 18.0 Å². The first-order valence-corrected chi connectivity index (χ1v) is 6.99. The Balaban J connectivity index is 1.83. The number of nitrogens with one attached hydrogen (secondary N) is 1. The summed E-state index contributed by atoms with van der Waals surface area (Å²) in [4.78, 5) is 36.0. The van der Waals surface area contributed by atoms with Gasteiger partial charge in [0.2, 0.25) is 0 Å². The molecule has 21 heavy (non-hydrogen) atoms. The molecule has 118 valence electrons. The first kappa shape index (κ1) is 15.6. The van der Waals surface area contributed by atoms with Crippen molar-refractivity contribution in [2.75, 3.05) is 26.8 Å². The van der Waals surface area contributed by atoms with Crippen molar-refractivity contribution in [3.63, 3.8) is 0 Å². The summed E-state index contributed by atoms with van der Waals surface area (Å²) in [5, 5.41) is 11.8. The smallest absolute Gasteiger partial charge is 0.336 e. The second-order valence-electron chi connectivity index (χ2n) is 5.32. The summed E-state index contributed by atoms with van der Waals surface area (Å²) < 4.78 is 9.86. The van der Waals surface area contributed by atoms with Crippen molar-refractivity contribution in [3.8, 4) is 0 Å². The van der Waals surface area contributed by atoms with E-state index in [1.165, 1.54) is 12.0 Å². The maximum Gasteiger partial charge on any atom is 0.336 e. The van der Waals surface area contributed by atoms with Gasteiger partial charge in [-0.2, -0.15) is 0 Å². The Bertz CT molecular complexity index is 427. The van der Waals surface area contributed by atoms with E-state index >= 15 is 0 Å². The van der Waals surface area contributed by atoms with E-state index in [9.17, 15) is 14.4 Å². The number of ether oxygens (including phenoxy) is 2. The number of hydrogen-bond donors (Lipinski definition) is 2. The molecule has 0 spiro atoms. The summed E-state index contributed by atoms with van der Waals surface area (Å²) in [5.41, 5.74) is 0. The van der Waals surface area contributed by atoms with Crippen LogP contribution in [0.3, 0.4) is 0 Å². The number of rotatable bonds is 3. The summed E-state index contributed by atoms with van der Waals surface area (Å²) in [6.07, 6.45) is 0.929. The number of aliphatic carboxylic acids is 1. The lowest BCUT2D eigenvalue weighted by Crippen LogP contribution is -2.53. The molecule has 0 radical (unpaired) electrons. The van der Waals surface area contributed by atoms with Gasteiger partial charge in [-0.25, -0.2) is 9.59 Å². The fourth-order valence-electron chi connectivity index (χ4n) is 2.71. The van der Waals surface area contributed by atoms with Gasteiger partial charge in [0, 0.05) is 12.6 Å². The monoisotopic (exact) mass is 300 g/mol. The molecule has 1 aliphatic heterocycles. The molecular weight excluding hydrogens is 280 g/mol. The number of methoxy groups -OCH3 is 1. The van der Waals surface area contributed by atoms with Gasteiger partial charge in [0.05, 0.1) is 26.2 Å². The van der Waals surface area contributed by atoms with Gasteiger partial charge in [-0.15, -0.1) is 0 Å². The van der Waals surface area contributed by atoms with E-state index in [4.69, 9.17) is 9.84 Å². The fraction of sp³-hybridized carbons (Fsp3) is 0.769. The molecule has 8 heteroatoms. The average Bonchev–Trinajstić information content (AvgIpc) is 2.95. The van der Waals surface area contributed by atoms with Crippen LogP contribution < -0.4 is 5.32 Å². The molecule has 1 saturated carbocycles. The Morgan fingerprint density at radius 2 is 2.10 bits per heavy atom. The first-order chi connectivity index (χ1) is 10.0. The quantitative estimate of drug-likeness (QED) is 0.701. The van der Waals surface area contributed by atoms with E-state index in [1.54, 1.807) is 0 Å². The van der Waals surface area contributed by atoms with Crippen molar-refractivity contribution in [2.24, 2.45) is 5.92 Å². The van der Waals surface area contributed by atoms with Gasteiger partial charge >= 0.3 is 18.0 Å². The molecule has 2 rings (SSSR count). The molecule has 1 aliphatic carbocycles. The minimum Gasteiger partial charge on any atom is -0.481 e. The molecule has 0 aromatic rings. The number of carboxylic acid groups (broad SMARTS) is 1. The molecule has 2 amide bonds. The van der Waals surface area contributed by atoms with Crippen LogP contribution in [0.1, 0.15) is 19.3 Å². The highest BCUT2D eigenvalue weighted by Gasteiger charge is 2.34. The van der Waals surface area contributed by atoms with Crippen LogP contribution in [0.5, 0.6) is 0 Å². The molecule has 2 fully saturated rings. The summed E-state index contributed by atoms with van der Waals surface area (Å²) in [6, 6.07) is -0.415. The van der Waals surface area contributed by atoms with E-state index in [2.05, 4.69) is 10.1 Å². The molecular formula is C13H20N2O6. The number of morpholine rings is 1. The number of nitrogens with zero attached hydrogens (tertiary/aromatic N) is 1. The highest BCUT2D eigenvalue weighted by atomic mass is 16.6. The molecule has 3 atom stereocenters. The number of esters is 1. The normalized spacial score (nSPS) is 29.0. The predicted molar refractivity (Wildman–Crippen MR) is 70.6 cm³/mol. The number of carboxylic acids is 1. The molecule has 2 N–H and O–H groups in total. The largest absolute Gasteiger partial charge is 0.481 e. The number of carbonyl (C=O) groups is 3. The van der Waals surface area contributed by atoms with Crippen molar-refractivity contribution >= 4 is 18.0 Å². The summed E-state index contributed by atoms with van der Waals surface area (Å²) in [7, 11) is 1.27. The zero-order valence-corrected chi connectivity index (χ0v) is 11.9. The third-order valence-corrected chi connectivity index (χ3v) is 3.93. The van der Waals surface area contributed by atoms with Crippen LogP contribution in [-0.2, 0) is 19.1 Å². The Labute approximate surface area is 122 Å². The van der Waals surface area contributed by atoms with Gasteiger partial charge in [-0.3, -0.25) is 4.79 Å². The lowest BCUT2D eigenvalue weighted by molar-refractivity contribution is -0.158. The molecule has 8 nitrogen and oxygen atoms in total. The van der Waals surface area contributed by atoms with E-state index in [0.717, 1.165) is 0 Å².